The van der Waals surface area contributed by atoms with Crippen molar-refractivity contribution < 1.29 is 14.8 Å². The van der Waals surface area contributed by atoms with Gasteiger partial charge in [0, 0.05) is 36.1 Å². The summed E-state index contributed by atoms with van der Waals surface area (Å²) in [5, 5.41) is 27.4. The van der Waals surface area contributed by atoms with Crippen LogP contribution in [0, 0.1) is 10.1 Å². The molecule has 2 N–H and O–H groups in total. The first-order valence-electron chi connectivity index (χ1n) is 7.94. The number of carbonyl (C=O) groups is 1. The number of hydrogen-bond donors (Lipinski definition) is 2. The monoisotopic (exact) mass is 385 g/mol. The first-order chi connectivity index (χ1) is 13.0. The Bertz CT molecular complexity index is 1010. The number of nitrogens with one attached hydrogen (secondary N) is 1. The van der Waals surface area contributed by atoms with Crippen molar-refractivity contribution in [2.24, 2.45) is 0 Å². The van der Waals surface area contributed by atoms with Crippen molar-refractivity contribution in [3.8, 4) is 5.69 Å². The second-order valence-electron chi connectivity index (χ2n) is 5.41. The average Bonchev–Trinajstić information content (AvgIpc) is 3.30. The Kier molecular flexibility index (Phi) is 5.36. The van der Waals surface area contributed by atoms with Crippen molar-refractivity contribution in [3.63, 3.8) is 0 Å². The molecule has 0 radical (unpaired) electrons. The van der Waals surface area contributed by atoms with Gasteiger partial charge in [-0.25, -0.2) is 9.78 Å². The standard InChI is InChI=1S/C17H15N5O4S/c1-2-15-18-17(20-19-15)27-14(16(23)24)10-13-4-3-9-21(13)11-5-7-12(8-6-11)22(25)26/h3-10H,2H2,1H3,(H,23,24)(H,18,19,20)/b14-10-. The van der Waals surface area contributed by atoms with Crippen LogP contribution in [0.3, 0.4) is 0 Å². The van der Waals surface area contributed by atoms with Crippen LogP contribution in [-0.4, -0.2) is 35.7 Å². The molecule has 10 heteroatoms. The molecule has 0 atom stereocenters. The normalized spacial score (nSPS) is 11.5. The van der Waals surface area contributed by atoms with E-state index in [2.05, 4.69) is 15.2 Å². The molecule has 0 amide bonds. The molecule has 0 bridgehead atoms. The van der Waals surface area contributed by atoms with Gasteiger partial charge in [-0.05, 0) is 42.1 Å². The summed E-state index contributed by atoms with van der Waals surface area (Å²) in [7, 11) is 0. The average molecular weight is 385 g/mol. The number of rotatable bonds is 7. The van der Waals surface area contributed by atoms with Gasteiger partial charge in [-0.3, -0.25) is 15.2 Å². The molecule has 1 aromatic carbocycles. The lowest BCUT2D eigenvalue weighted by molar-refractivity contribution is -0.384. The van der Waals surface area contributed by atoms with E-state index in [1.54, 1.807) is 35.0 Å². The number of benzene rings is 1. The highest BCUT2D eigenvalue weighted by molar-refractivity contribution is 8.04. The van der Waals surface area contributed by atoms with E-state index < -0.39 is 10.9 Å². The molecular weight excluding hydrogens is 370 g/mol. The van der Waals surface area contributed by atoms with Gasteiger partial charge < -0.3 is 9.67 Å². The maximum absolute atomic E-state index is 11.6. The predicted molar refractivity (Wildman–Crippen MR) is 99.7 cm³/mol. The van der Waals surface area contributed by atoms with Gasteiger partial charge >= 0.3 is 5.97 Å². The Hall–Kier alpha value is -3.40. The number of aliphatic carboxylic acids is 1. The number of thioether (sulfide) groups is 1. The van der Waals surface area contributed by atoms with Crippen LogP contribution < -0.4 is 0 Å². The first-order valence-corrected chi connectivity index (χ1v) is 8.76. The fourth-order valence-electron chi connectivity index (χ4n) is 2.33. The number of H-pyrrole nitrogens is 1. The third kappa shape index (κ3) is 4.23. The Balaban J connectivity index is 1.91. The fraction of sp³-hybridized carbons (Fsp3) is 0.118. The molecule has 2 heterocycles. The van der Waals surface area contributed by atoms with Gasteiger partial charge in [-0.2, -0.15) is 0 Å². The predicted octanol–water partition coefficient (Wildman–Crippen LogP) is 3.28. The zero-order valence-electron chi connectivity index (χ0n) is 14.2. The van der Waals surface area contributed by atoms with Crippen molar-refractivity contribution in [3.05, 3.63) is 69.1 Å². The van der Waals surface area contributed by atoms with Gasteiger partial charge in [0.15, 0.2) is 0 Å². The summed E-state index contributed by atoms with van der Waals surface area (Å²) < 4.78 is 1.74. The lowest BCUT2D eigenvalue weighted by atomic mass is 10.2. The molecule has 0 aliphatic rings. The summed E-state index contributed by atoms with van der Waals surface area (Å²) in [6, 6.07) is 9.52. The highest BCUT2D eigenvalue weighted by Crippen LogP contribution is 2.27. The molecule has 0 unspecified atom stereocenters. The smallest absolute Gasteiger partial charge is 0.342 e. The van der Waals surface area contributed by atoms with E-state index in [1.807, 2.05) is 6.92 Å². The van der Waals surface area contributed by atoms with Crippen LogP contribution in [0.2, 0.25) is 0 Å². The van der Waals surface area contributed by atoms with Crippen molar-refractivity contribution in [1.29, 1.82) is 0 Å². The Morgan fingerprint density at radius 1 is 1.37 bits per heavy atom. The summed E-state index contributed by atoms with van der Waals surface area (Å²) in [4.78, 5) is 26.2. The van der Waals surface area contributed by atoms with Gasteiger partial charge in [-0.1, -0.05) is 6.92 Å². The number of aromatic amines is 1. The topological polar surface area (TPSA) is 127 Å². The maximum atomic E-state index is 11.6. The molecule has 0 aliphatic heterocycles. The molecule has 138 valence electrons. The van der Waals surface area contributed by atoms with Crippen molar-refractivity contribution in [2.45, 2.75) is 18.5 Å². The summed E-state index contributed by atoms with van der Waals surface area (Å²) in [5.41, 5.74) is 1.28. The van der Waals surface area contributed by atoms with E-state index in [9.17, 15) is 20.0 Å². The fourth-order valence-corrected chi connectivity index (χ4v) is 3.04. The molecule has 3 aromatic rings. The lowest BCUT2D eigenvalue weighted by Crippen LogP contribution is -2.00. The maximum Gasteiger partial charge on any atom is 0.342 e. The number of aryl methyl sites for hydroxylation is 1. The van der Waals surface area contributed by atoms with Gasteiger partial charge in [0.2, 0.25) is 5.16 Å². The number of carboxylic acid groups (broad SMARTS) is 1. The van der Waals surface area contributed by atoms with Crippen molar-refractivity contribution in [1.82, 2.24) is 19.7 Å². The van der Waals surface area contributed by atoms with Gasteiger partial charge in [0.05, 0.1) is 4.92 Å². The summed E-state index contributed by atoms with van der Waals surface area (Å²) in [6.07, 6.45) is 3.93. The largest absolute Gasteiger partial charge is 0.477 e. The highest BCUT2D eigenvalue weighted by atomic mass is 32.2. The molecule has 2 aromatic heterocycles. The zero-order chi connectivity index (χ0) is 19.4. The molecule has 0 spiro atoms. The Morgan fingerprint density at radius 2 is 2.11 bits per heavy atom. The third-order valence-corrected chi connectivity index (χ3v) is 4.53. The molecule has 0 aliphatic carbocycles. The van der Waals surface area contributed by atoms with Gasteiger partial charge in [-0.15, -0.1) is 5.10 Å². The van der Waals surface area contributed by atoms with Gasteiger partial charge in [0.25, 0.3) is 5.69 Å². The van der Waals surface area contributed by atoms with E-state index in [4.69, 9.17) is 0 Å². The van der Waals surface area contributed by atoms with Crippen LogP contribution in [0.1, 0.15) is 18.4 Å². The van der Waals surface area contributed by atoms with Crippen molar-refractivity contribution in [2.75, 3.05) is 0 Å². The van der Waals surface area contributed by atoms with Crippen LogP contribution in [0.5, 0.6) is 0 Å². The van der Waals surface area contributed by atoms with Crippen LogP contribution in [0.4, 0.5) is 5.69 Å². The summed E-state index contributed by atoms with van der Waals surface area (Å²) >= 11 is 0.947. The second kappa shape index (κ2) is 7.87. The molecule has 27 heavy (non-hydrogen) atoms. The Morgan fingerprint density at radius 3 is 2.70 bits per heavy atom. The summed E-state index contributed by atoms with van der Waals surface area (Å²) in [6.45, 7) is 1.92. The zero-order valence-corrected chi connectivity index (χ0v) is 15.0. The minimum absolute atomic E-state index is 0.0129. The number of non-ortho nitro benzene ring substituents is 1. The van der Waals surface area contributed by atoms with Crippen LogP contribution >= 0.6 is 11.8 Å². The number of aromatic nitrogens is 4. The molecular formula is C17H15N5O4S. The van der Waals surface area contributed by atoms with E-state index >= 15 is 0 Å². The minimum Gasteiger partial charge on any atom is -0.477 e. The van der Waals surface area contributed by atoms with Crippen LogP contribution in [-0.2, 0) is 11.2 Å². The summed E-state index contributed by atoms with van der Waals surface area (Å²) in [5.74, 6) is -0.421. The Labute approximate surface area is 157 Å². The van der Waals surface area contributed by atoms with Crippen LogP contribution in [0.25, 0.3) is 11.8 Å². The highest BCUT2D eigenvalue weighted by Gasteiger charge is 2.15. The van der Waals surface area contributed by atoms with E-state index in [1.165, 1.54) is 18.2 Å². The third-order valence-electron chi connectivity index (χ3n) is 3.66. The van der Waals surface area contributed by atoms with Crippen LogP contribution in [0.15, 0.2) is 52.7 Å². The molecule has 9 nitrogen and oxygen atoms in total. The SMILES string of the molecule is CCc1nc(S/C(=C\c2cccn2-c2ccc([N+](=O)[O-])cc2)C(=O)O)n[nH]1. The molecule has 0 fully saturated rings. The lowest BCUT2D eigenvalue weighted by Gasteiger charge is -2.07. The number of hydrogen-bond acceptors (Lipinski definition) is 6. The van der Waals surface area contributed by atoms with Gasteiger partial charge in [0.1, 0.15) is 10.7 Å². The number of nitro groups is 1. The quantitative estimate of drug-likeness (QED) is 0.276. The number of nitrogens with zero attached hydrogens (tertiary/aromatic N) is 4. The minimum atomic E-state index is -1.10. The molecule has 3 rings (SSSR count). The number of nitro benzene ring substituents is 1. The molecule has 0 saturated carbocycles. The first kappa shape index (κ1) is 18.4. The molecule has 0 saturated heterocycles. The van der Waals surface area contributed by atoms with E-state index in [0.717, 1.165) is 11.8 Å². The van der Waals surface area contributed by atoms with E-state index in [0.29, 0.717) is 28.8 Å². The second-order valence-corrected chi connectivity index (χ2v) is 6.42. The van der Waals surface area contributed by atoms with Crippen molar-refractivity contribution >= 4 is 29.5 Å². The number of carboxylic acids is 1. The van der Waals surface area contributed by atoms with E-state index in [-0.39, 0.29) is 10.6 Å².